The molecule has 1 aromatic carbocycles. The Morgan fingerprint density at radius 3 is 2.67 bits per heavy atom. The van der Waals surface area contributed by atoms with Crippen LogP contribution in [0.4, 0.5) is 0 Å². The Balaban J connectivity index is 2.90. The molecule has 0 bridgehead atoms. The van der Waals surface area contributed by atoms with E-state index in [0.717, 1.165) is 5.56 Å². The van der Waals surface area contributed by atoms with E-state index in [9.17, 15) is 4.79 Å². The molecule has 1 aromatic rings. The highest BCUT2D eigenvalue weighted by Crippen LogP contribution is 2.20. The van der Waals surface area contributed by atoms with Gasteiger partial charge in [-0.1, -0.05) is 29.8 Å². The van der Waals surface area contributed by atoms with Crippen LogP contribution in [0.3, 0.4) is 0 Å². The zero-order valence-electron chi connectivity index (χ0n) is 9.50. The van der Waals surface area contributed by atoms with E-state index in [1.807, 2.05) is 39.0 Å². The van der Waals surface area contributed by atoms with E-state index in [1.165, 1.54) is 5.56 Å². The lowest BCUT2D eigenvalue weighted by molar-refractivity contribution is -0.121. The first-order valence-corrected chi connectivity index (χ1v) is 5.04. The first-order chi connectivity index (χ1) is 6.95. The average Bonchev–Trinajstić information content (AvgIpc) is 2.17. The van der Waals surface area contributed by atoms with E-state index < -0.39 is 0 Å². The zero-order chi connectivity index (χ0) is 11.5. The quantitative estimate of drug-likeness (QED) is 0.783. The van der Waals surface area contributed by atoms with E-state index >= 15 is 0 Å². The molecule has 15 heavy (non-hydrogen) atoms. The molecule has 0 saturated carbocycles. The van der Waals surface area contributed by atoms with E-state index in [2.05, 4.69) is 11.4 Å². The van der Waals surface area contributed by atoms with Crippen molar-refractivity contribution in [2.45, 2.75) is 26.3 Å². The molecule has 0 fully saturated rings. The van der Waals surface area contributed by atoms with E-state index in [1.54, 1.807) is 0 Å². The molecular weight excluding hydrogens is 188 g/mol. The van der Waals surface area contributed by atoms with Crippen LogP contribution >= 0.6 is 0 Å². The second-order valence-corrected chi connectivity index (χ2v) is 4.25. The van der Waals surface area contributed by atoms with Gasteiger partial charge in [-0.3, -0.25) is 4.79 Å². The molecule has 0 aliphatic rings. The number of carbonyl (C=O) groups excluding carboxylic acids is 1. The lowest BCUT2D eigenvalue weighted by Gasteiger charge is -2.27. The van der Waals surface area contributed by atoms with Crippen molar-refractivity contribution >= 4 is 5.91 Å². The van der Waals surface area contributed by atoms with Gasteiger partial charge < -0.3 is 11.1 Å². The van der Waals surface area contributed by atoms with E-state index in [0.29, 0.717) is 0 Å². The van der Waals surface area contributed by atoms with Gasteiger partial charge in [0.05, 0.1) is 12.1 Å². The van der Waals surface area contributed by atoms with Crippen molar-refractivity contribution in [2.75, 3.05) is 6.54 Å². The summed E-state index contributed by atoms with van der Waals surface area (Å²) in [5, 5.41) is 2.89. The molecular formula is C12H18N2O. The Labute approximate surface area is 90.7 Å². The minimum Gasteiger partial charge on any atom is -0.346 e. The SMILES string of the molecule is Cc1cccc(C(C)(C)NC(=O)CN)c1. The fourth-order valence-electron chi connectivity index (χ4n) is 1.51. The molecule has 0 saturated heterocycles. The van der Waals surface area contributed by atoms with Gasteiger partial charge in [0.1, 0.15) is 0 Å². The standard InChI is InChI=1S/C12H18N2O/c1-9-5-4-6-10(7-9)12(2,3)14-11(15)8-13/h4-7H,8,13H2,1-3H3,(H,14,15). The van der Waals surface area contributed by atoms with Gasteiger partial charge in [-0.15, -0.1) is 0 Å². The first-order valence-electron chi connectivity index (χ1n) is 5.04. The van der Waals surface area contributed by atoms with Crippen LogP contribution in [0.25, 0.3) is 0 Å². The molecule has 1 amide bonds. The van der Waals surface area contributed by atoms with Crippen molar-refractivity contribution in [1.82, 2.24) is 5.32 Å². The van der Waals surface area contributed by atoms with Crippen LogP contribution in [0.1, 0.15) is 25.0 Å². The Bertz CT molecular complexity index is 358. The van der Waals surface area contributed by atoms with Gasteiger partial charge in [0, 0.05) is 0 Å². The van der Waals surface area contributed by atoms with Gasteiger partial charge >= 0.3 is 0 Å². The second kappa shape index (κ2) is 4.45. The second-order valence-electron chi connectivity index (χ2n) is 4.25. The summed E-state index contributed by atoms with van der Waals surface area (Å²) < 4.78 is 0. The molecule has 0 heterocycles. The molecule has 0 aliphatic carbocycles. The van der Waals surface area contributed by atoms with Crippen LogP contribution in [-0.2, 0) is 10.3 Å². The predicted octanol–water partition coefficient (Wildman–Crippen LogP) is 1.31. The van der Waals surface area contributed by atoms with Crippen LogP contribution < -0.4 is 11.1 Å². The molecule has 0 aromatic heterocycles. The maximum Gasteiger partial charge on any atom is 0.234 e. The van der Waals surface area contributed by atoms with Crippen LogP contribution in [-0.4, -0.2) is 12.5 Å². The topological polar surface area (TPSA) is 55.1 Å². The smallest absolute Gasteiger partial charge is 0.234 e. The first kappa shape index (κ1) is 11.7. The maximum atomic E-state index is 11.2. The highest BCUT2D eigenvalue weighted by atomic mass is 16.1. The summed E-state index contributed by atoms with van der Waals surface area (Å²) in [6.45, 7) is 5.99. The predicted molar refractivity (Wildman–Crippen MR) is 61.4 cm³/mol. The summed E-state index contributed by atoms with van der Waals surface area (Å²) in [5.74, 6) is -0.137. The maximum absolute atomic E-state index is 11.2. The van der Waals surface area contributed by atoms with Gasteiger partial charge in [-0.25, -0.2) is 0 Å². The monoisotopic (exact) mass is 206 g/mol. The summed E-state index contributed by atoms with van der Waals surface area (Å²) in [6, 6.07) is 8.09. The third-order valence-electron chi connectivity index (χ3n) is 2.38. The number of amides is 1. The van der Waals surface area contributed by atoms with Crippen LogP contribution in [0.2, 0.25) is 0 Å². The number of benzene rings is 1. The summed E-state index contributed by atoms with van der Waals surface area (Å²) in [6.07, 6.45) is 0. The lowest BCUT2D eigenvalue weighted by atomic mass is 9.93. The van der Waals surface area contributed by atoms with Gasteiger partial charge in [0.25, 0.3) is 0 Å². The molecule has 0 radical (unpaired) electrons. The molecule has 0 spiro atoms. The highest BCUT2D eigenvalue weighted by molar-refractivity contribution is 5.78. The fourth-order valence-corrected chi connectivity index (χ4v) is 1.51. The van der Waals surface area contributed by atoms with Crippen LogP contribution in [0.15, 0.2) is 24.3 Å². The zero-order valence-corrected chi connectivity index (χ0v) is 9.50. The van der Waals surface area contributed by atoms with Gasteiger partial charge in [-0.05, 0) is 26.3 Å². The van der Waals surface area contributed by atoms with Crippen molar-refractivity contribution in [1.29, 1.82) is 0 Å². The molecule has 3 N–H and O–H groups in total. The van der Waals surface area contributed by atoms with Gasteiger partial charge in [0.15, 0.2) is 0 Å². The van der Waals surface area contributed by atoms with E-state index in [-0.39, 0.29) is 18.0 Å². The van der Waals surface area contributed by atoms with E-state index in [4.69, 9.17) is 5.73 Å². The average molecular weight is 206 g/mol. The number of hydrogen-bond donors (Lipinski definition) is 2. The molecule has 3 heteroatoms. The summed E-state index contributed by atoms with van der Waals surface area (Å²) in [7, 11) is 0. The minimum absolute atomic E-state index is 0.0231. The van der Waals surface area contributed by atoms with Crippen molar-refractivity contribution in [2.24, 2.45) is 5.73 Å². The Morgan fingerprint density at radius 2 is 2.13 bits per heavy atom. The number of carbonyl (C=O) groups is 1. The normalized spacial score (nSPS) is 11.2. The Kier molecular flexibility index (Phi) is 3.48. The lowest BCUT2D eigenvalue weighted by Crippen LogP contribution is -2.43. The Hall–Kier alpha value is -1.35. The molecule has 1 rings (SSSR count). The van der Waals surface area contributed by atoms with Crippen molar-refractivity contribution in [3.63, 3.8) is 0 Å². The number of rotatable bonds is 3. The summed E-state index contributed by atoms with van der Waals surface area (Å²) >= 11 is 0. The highest BCUT2D eigenvalue weighted by Gasteiger charge is 2.21. The molecule has 0 aliphatic heterocycles. The molecule has 0 atom stereocenters. The van der Waals surface area contributed by atoms with Crippen molar-refractivity contribution in [3.05, 3.63) is 35.4 Å². The summed E-state index contributed by atoms with van der Waals surface area (Å²) in [5.41, 5.74) is 7.17. The third kappa shape index (κ3) is 3.06. The third-order valence-corrected chi connectivity index (χ3v) is 2.38. The van der Waals surface area contributed by atoms with Gasteiger partial charge in [-0.2, -0.15) is 0 Å². The number of nitrogens with one attached hydrogen (secondary N) is 1. The summed E-state index contributed by atoms with van der Waals surface area (Å²) in [4.78, 5) is 11.2. The van der Waals surface area contributed by atoms with Crippen molar-refractivity contribution < 1.29 is 4.79 Å². The fraction of sp³-hybridized carbons (Fsp3) is 0.417. The van der Waals surface area contributed by atoms with Crippen LogP contribution in [0, 0.1) is 6.92 Å². The number of hydrogen-bond acceptors (Lipinski definition) is 2. The number of nitrogens with two attached hydrogens (primary N) is 1. The van der Waals surface area contributed by atoms with Crippen LogP contribution in [0.5, 0.6) is 0 Å². The Morgan fingerprint density at radius 1 is 1.47 bits per heavy atom. The molecule has 0 unspecified atom stereocenters. The van der Waals surface area contributed by atoms with Gasteiger partial charge in [0.2, 0.25) is 5.91 Å². The van der Waals surface area contributed by atoms with Crippen molar-refractivity contribution in [3.8, 4) is 0 Å². The minimum atomic E-state index is -0.373. The number of aryl methyl sites for hydroxylation is 1. The molecule has 82 valence electrons. The largest absolute Gasteiger partial charge is 0.346 e. The molecule has 3 nitrogen and oxygen atoms in total.